The zero-order valence-electron chi connectivity index (χ0n) is 21.9. The smallest absolute Gasteiger partial charge is 0.0811 e. The molecule has 1 saturated carbocycles. The van der Waals surface area contributed by atoms with Gasteiger partial charge in [-0.25, -0.2) is 0 Å². The van der Waals surface area contributed by atoms with Crippen molar-refractivity contribution in [2.75, 3.05) is 0 Å². The van der Waals surface area contributed by atoms with E-state index < -0.39 is 17.8 Å². The average molecular weight is 469 g/mol. The van der Waals surface area contributed by atoms with Gasteiger partial charge in [0, 0.05) is 6.42 Å². The SMILES string of the molecule is C=C1C(=C/C=C(\CCCCCCC)c2cccc(CCCCCC(C)(C)O)c2)C[C@@H](O)C[C@@H]1O. The first-order valence-corrected chi connectivity index (χ1v) is 13.5. The summed E-state index contributed by atoms with van der Waals surface area (Å²) < 4.78 is 0. The summed E-state index contributed by atoms with van der Waals surface area (Å²) in [5.74, 6) is 0. The lowest BCUT2D eigenvalue weighted by Crippen LogP contribution is -2.26. The molecule has 2 atom stereocenters. The second-order valence-corrected chi connectivity index (χ2v) is 10.8. The van der Waals surface area contributed by atoms with E-state index in [4.69, 9.17) is 0 Å². The maximum absolute atomic E-state index is 10.2. The normalized spacial score (nSPS) is 20.8. The zero-order valence-corrected chi connectivity index (χ0v) is 21.9. The predicted octanol–water partition coefficient (Wildman–Crippen LogP) is 7.30. The van der Waals surface area contributed by atoms with Gasteiger partial charge in [-0.15, -0.1) is 0 Å². The largest absolute Gasteiger partial charge is 0.393 e. The summed E-state index contributed by atoms with van der Waals surface area (Å²) in [5, 5.41) is 30.2. The van der Waals surface area contributed by atoms with Crippen LogP contribution in [-0.4, -0.2) is 33.1 Å². The number of hydrogen-bond acceptors (Lipinski definition) is 3. The Morgan fingerprint density at radius 3 is 2.53 bits per heavy atom. The van der Waals surface area contributed by atoms with Crippen LogP contribution < -0.4 is 0 Å². The van der Waals surface area contributed by atoms with Gasteiger partial charge in [0.05, 0.1) is 17.8 Å². The van der Waals surface area contributed by atoms with Gasteiger partial charge in [0.2, 0.25) is 0 Å². The van der Waals surface area contributed by atoms with E-state index in [1.165, 1.54) is 48.8 Å². The van der Waals surface area contributed by atoms with Gasteiger partial charge >= 0.3 is 0 Å². The van der Waals surface area contributed by atoms with Crippen LogP contribution in [0.15, 0.2) is 54.1 Å². The third kappa shape index (κ3) is 10.7. The van der Waals surface area contributed by atoms with Gasteiger partial charge in [-0.05, 0) is 80.2 Å². The van der Waals surface area contributed by atoms with E-state index in [9.17, 15) is 15.3 Å². The fourth-order valence-corrected chi connectivity index (χ4v) is 4.69. The fraction of sp³-hybridized carbons (Fsp3) is 0.613. The molecule has 1 aliphatic carbocycles. The van der Waals surface area contributed by atoms with Crippen molar-refractivity contribution < 1.29 is 15.3 Å². The summed E-state index contributed by atoms with van der Waals surface area (Å²) in [5.41, 5.74) is 5.07. The molecule has 190 valence electrons. The van der Waals surface area contributed by atoms with Gasteiger partial charge in [0.25, 0.3) is 0 Å². The molecule has 1 aliphatic rings. The number of unbranched alkanes of at least 4 members (excludes halogenated alkanes) is 6. The van der Waals surface area contributed by atoms with Crippen LogP contribution in [0, 0.1) is 0 Å². The molecule has 0 aromatic heterocycles. The minimum Gasteiger partial charge on any atom is -0.393 e. The Morgan fingerprint density at radius 1 is 1.06 bits per heavy atom. The summed E-state index contributed by atoms with van der Waals surface area (Å²) in [6.07, 6.45) is 16.5. The van der Waals surface area contributed by atoms with Crippen LogP contribution in [0.25, 0.3) is 5.57 Å². The fourth-order valence-electron chi connectivity index (χ4n) is 4.69. The Labute approximate surface area is 208 Å². The number of aryl methyl sites for hydroxylation is 1. The summed E-state index contributed by atoms with van der Waals surface area (Å²) >= 11 is 0. The van der Waals surface area contributed by atoms with Gasteiger partial charge in [0.1, 0.15) is 0 Å². The molecule has 0 heterocycles. The van der Waals surface area contributed by atoms with Crippen LogP contribution in [0.4, 0.5) is 0 Å². The van der Waals surface area contributed by atoms with Crippen LogP contribution in [-0.2, 0) is 6.42 Å². The molecule has 0 unspecified atom stereocenters. The quantitative estimate of drug-likeness (QED) is 0.251. The highest BCUT2D eigenvalue weighted by Gasteiger charge is 2.24. The molecule has 3 N–H and O–H groups in total. The van der Waals surface area contributed by atoms with E-state index in [0.717, 1.165) is 49.7 Å². The van der Waals surface area contributed by atoms with Gasteiger partial charge < -0.3 is 15.3 Å². The Balaban J connectivity index is 2.10. The van der Waals surface area contributed by atoms with Crippen molar-refractivity contribution in [1.82, 2.24) is 0 Å². The van der Waals surface area contributed by atoms with Crippen molar-refractivity contribution in [2.45, 2.75) is 122 Å². The lowest BCUT2D eigenvalue weighted by molar-refractivity contribution is 0.0680. The summed E-state index contributed by atoms with van der Waals surface area (Å²) in [6.45, 7) is 10.1. The zero-order chi connectivity index (χ0) is 25.0. The number of hydrogen-bond donors (Lipinski definition) is 3. The molecule has 3 nitrogen and oxygen atoms in total. The second kappa shape index (κ2) is 14.7. The van der Waals surface area contributed by atoms with Gasteiger partial charge in [-0.3, -0.25) is 0 Å². The molecular formula is C31H48O3. The van der Waals surface area contributed by atoms with Crippen molar-refractivity contribution in [2.24, 2.45) is 0 Å². The molecule has 0 bridgehead atoms. The van der Waals surface area contributed by atoms with E-state index in [1.807, 2.05) is 13.8 Å². The van der Waals surface area contributed by atoms with Crippen molar-refractivity contribution >= 4 is 5.57 Å². The van der Waals surface area contributed by atoms with Gasteiger partial charge in [-0.2, -0.15) is 0 Å². The number of aliphatic hydroxyl groups excluding tert-OH is 2. The molecule has 2 rings (SSSR count). The molecule has 1 fully saturated rings. The minimum absolute atomic E-state index is 0.377. The van der Waals surface area contributed by atoms with E-state index in [-0.39, 0.29) is 0 Å². The lowest BCUT2D eigenvalue weighted by atomic mass is 9.85. The minimum atomic E-state index is -0.652. The third-order valence-electron chi connectivity index (χ3n) is 6.85. The number of rotatable bonds is 14. The molecule has 0 amide bonds. The highest BCUT2D eigenvalue weighted by atomic mass is 16.3. The predicted molar refractivity (Wildman–Crippen MR) is 145 cm³/mol. The maximum Gasteiger partial charge on any atom is 0.0811 e. The van der Waals surface area contributed by atoms with Crippen LogP contribution in [0.1, 0.15) is 109 Å². The number of aliphatic hydroxyl groups is 3. The summed E-state index contributed by atoms with van der Waals surface area (Å²) in [7, 11) is 0. The van der Waals surface area contributed by atoms with E-state index >= 15 is 0 Å². The van der Waals surface area contributed by atoms with Crippen molar-refractivity contribution in [1.29, 1.82) is 0 Å². The monoisotopic (exact) mass is 468 g/mol. The molecular weight excluding hydrogens is 420 g/mol. The summed E-state index contributed by atoms with van der Waals surface area (Å²) in [4.78, 5) is 0. The molecule has 1 aromatic rings. The Hall–Kier alpha value is -1.68. The van der Waals surface area contributed by atoms with Crippen LogP contribution in [0.2, 0.25) is 0 Å². The molecule has 0 radical (unpaired) electrons. The molecule has 3 heteroatoms. The molecule has 0 saturated heterocycles. The highest BCUT2D eigenvalue weighted by molar-refractivity contribution is 5.68. The van der Waals surface area contributed by atoms with Crippen LogP contribution in [0.3, 0.4) is 0 Å². The average Bonchev–Trinajstić information content (AvgIpc) is 2.78. The molecule has 0 spiro atoms. The van der Waals surface area contributed by atoms with Crippen LogP contribution in [0.5, 0.6) is 0 Å². The Morgan fingerprint density at radius 2 is 1.79 bits per heavy atom. The standard InChI is InChI=1S/C31H48O3/c1-5-6-7-8-11-16-26(18-19-27-22-29(32)23-30(33)24(27)2)28-17-13-15-25(21-28)14-10-9-12-20-31(3,4)34/h13,15,17-19,21,29-30,32-34H,2,5-12,14,16,20,22-23H2,1,3-4H3/b26-18+,27-19?/t29-,30+/m1/s1. The Bertz CT molecular complexity index is 812. The first kappa shape index (κ1) is 28.6. The highest BCUT2D eigenvalue weighted by Crippen LogP contribution is 2.30. The summed E-state index contributed by atoms with van der Waals surface area (Å²) in [6, 6.07) is 8.90. The third-order valence-corrected chi connectivity index (χ3v) is 6.85. The molecule has 34 heavy (non-hydrogen) atoms. The van der Waals surface area contributed by atoms with Crippen LogP contribution >= 0.6 is 0 Å². The lowest BCUT2D eigenvalue weighted by Gasteiger charge is -2.26. The van der Waals surface area contributed by atoms with E-state index in [1.54, 1.807) is 0 Å². The number of allylic oxidation sites excluding steroid dienone is 3. The van der Waals surface area contributed by atoms with Gasteiger partial charge in [-0.1, -0.05) is 88.4 Å². The van der Waals surface area contributed by atoms with Crippen molar-refractivity contribution in [3.8, 4) is 0 Å². The van der Waals surface area contributed by atoms with E-state index in [2.05, 4.69) is 49.9 Å². The Kier molecular flexibility index (Phi) is 12.3. The van der Waals surface area contributed by atoms with Crippen molar-refractivity contribution in [3.63, 3.8) is 0 Å². The second-order valence-electron chi connectivity index (χ2n) is 10.8. The van der Waals surface area contributed by atoms with Crippen molar-refractivity contribution in [3.05, 3.63) is 65.3 Å². The first-order chi connectivity index (χ1) is 16.2. The maximum atomic E-state index is 10.2. The van der Waals surface area contributed by atoms with Gasteiger partial charge in [0.15, 0.2) is 0 Å². The molecule has 0 aliphatic heterocycles. The topological polar surface area (TPSA) is 60.7 Å². The molecule has 1 aromatic carbocycles. The first-order valence-electron chi connectivity index (χ1n) is 13.5. The van der Waals surface area contributed by atoms with E-state index in [0.29, 0.717) is 12.8 Å². The number of benzene rings is 1.